The van der Waals surface area contributed by atoms with Crippen LogP contribution >= 0.6 is 0 Å². The summed E-state index contributed by atoms with van der Waals surface area (Å²) in [5, 5.41) is 0. The minimum atomic E-state index is 0.307. The third-order valence-corrected chi connectivity index (χ3v) is 5.68. The van der Waals surface area contributed by atoms with Gasteiger partial charge in [-0.15, -0.1) is 0 Å². The van der Waals surface area contributed by atoms with E-state index >= 15 is 0 Å². The van der Waals surface area contributed by atoms with Gasteiger partial charge in [-0.25, -0.2) is 0 Å². The number of nitrogens with two attached hydrogens (primary N) is 1. The van der Waals surface area contributed by atoms with Gasteiger partial charge in [-0.2, -0.15) is 0 Å². The fourth-order valence-electron chi connectivity index (χ4n) is 3.93. The Bertz CT molecular complexity index is 510. The van der Waals surface area contributed by atoms with E-state index in [-0.39, 0.29) is 0 Å². The smallest absolute Gasteiger partial charge is 0.0412 e. The molecule has 0 spiro atoms. The van der Waals surface area contributed by atoms with Gasteiger partial charge in [0.05, 0.1) is 0 Å². The molecule has 0 bridgehead atoms. The number of nitrogens with zero attached hydrogens (tertiary/aromatic N) is 3. The molecule has 128 valence electrons. The fraction of sp³-hybridized carbons (Fsp3) is 0.684. The van der Waals surface area contributed by atoms with Crippen LogP contribution in [0.3, 0.4) is 0 Å². The van der Waals surface area contributed by atoms with E-state index < -0.39 is 0 Å². The lowest BCUT2D eigenvalue weighted by Gasteiger charge is -2.37. The first-order valence-electron chi connectivity index (χ1n) is 9.11. The van der Waals surface area contributed by atoms with E-state index in [4.69, 9.17) is 5.73 Å². The number of anilines is 1. The fourth-order valence-corrected chi connectivity index (χ4v) is 3.93. The molecule has 1 unspecified atom stereocenters. The molecule has 2 aliphatic heterocycles. The molecule has 23 heavy (non-hydrogen) atoms. The summed E-state index contributed by atoms with van der Waals surface area (Å²) in [4.78, 5) is 7.68. The SMILES string of the molecule is CCN1CCN(c2ccccc2CN2CCC(C)(CN)C2)CC1. The molecule has 1 aromatic rings. The van der Waals surface area contributed by atoms with Gasteiger partial charge in [0.15, 0.2) is 0 Å². The molecule has 1 atom stereocenters. The van der Waals surface area contributed by atoms with Crippen molar-refractivity contribution < 1.29 is 0 Å². The monoisotopic (exact) mass is 316 g/mol. The summed E-state index contributed by atoms with van der Waals surface area (Å²) in [7, 11) is 0. The van der Waals surface area contributed by atoms with Gasteiger partial charge in [-0.3, -0.25) is 4.90 Å². The van der Waals surface area contributed by atoms with Gasteiger partial charge in [-0.1, -0.05) is 32.0 Å². The maximum Gasteiger partial charge on any atom is 0.0412 e. The highest BCUT2D eigenvalue weighted by molar-refractivity contribution is 5.54. The van der Waals surface area contributed by atoms with Crippen molar-refractivity contribution in [1.82, 2.24) is 9.80 Å². The number of para-hydroxylation sites is 1. The Labute approximate surface area is 141 Å². The molecular weight excluding hydrogens is 284 g/mol. The van der Waals surface area contributed by atoms with Gasteiger partial charge >= 0.3 is 0 Å². The third-order valence-electron chi connectivity index (χ3n) is 5.68. The quantitative estimate of drug-likeness (QED) is 0.901. The summed E-state index contributed by atoms with van der Waals surface area (Å²) in [6, 6.07) is 8.97. The van der Waals surface area contributed by atoms with Crippen LogP contribution in [0.5, 0.6) is 0 Å². The predicted octanol–water partition coefficient (Wildman–Crippen LogP) is 2.00. The topological polar surface area (TPSA) is 35.7 Å². The minimum Gasteiger partial charge on any atom is -0.369 e. The van der Waals surface area contributed by atoms with Crippen LogP contribution in [0.15, 0.2) is 24.3 Å². The molecule has 2 aliphatic rings. The van der Waals surface area contributed by atoms with Gasteiger partial charge in [0.25, 0.3) is 0 Å². The van der Waals surface area contributed by atoms with Crippen LogP contribution in [0.2, 0.25) is 0 Å². The number of hydrogen-bond donors (Lipinski definition) is 1. The summed E-state index contributed by atoms with van der Waals surface area (Å²) >= 11 is 0. The molecule has 2 N–H and O–H groups in total. The lowest BCUT2D eigenvalue weighted by atomic mass is 9.90. The third kappa shape index (κ3) is 3.87. The van der Waals surface area contributed by atoms with Gasteiger partial charge < -0.3 is 15.5 Å². The molecular formula is C19H32N4. The van der Waals surface area contributed by atoms with Crippen LogP contribution < -0.4 is 10.6 Å². The Balaban J connectivity index is 1.67. The van der Waals surface area contributed by atoms with Crippen molar-refractivity contribution >= 4 is 5.69 Å². The minimum absolute atomic E-state index is 0.307. The molecule has 2 heterocycles. The second-order valence-electron chi connectivity index (χ2n) is 7.53. The van der Waals surface area contributed by atoms with Crippen LogP contribution in [0.1, 0.15) is 25.8 Å². The van der Waals surface area contributed by atoms with E-state index in [1.807, 2.05) is 0 Å². The molecule has 0 radical (unpaired) electrons. The zero-order chi connectivity index (χ0) is 16.3. The Morgan fingerprint density at radius 1 is 1.04 bits per heavy atom. The van der Waals surface area contributed by atoms with E-state index in [0.29, 0.717) is 5.41 Å². The largest absolute Gasteiger partial charge is 0.369 e. The predicted molar refractivity (Wildman–Crippen MR) is 97.8 cm³/mol. The van der Waals surface area contributed by atoms with Gasteiger partial charge in [0.2, 0.25) is 0 Å². The summed E-state index contributed by atoms with van der Waals surface area (Å²) in [5.41, 5.74) is 9.17. The van der Waals surface area contributed by atoms with Crippen molar-refractivity contribution in [1.29, 1.82) is 0 Å². The zero-order valence-electron chi connectivity index (χ0n) is 14.8. The van der Waals surface area contributed by atoms with Gasteiger partial charge in [0.1, 0.15) is 0 Å². The zero-order valence-corrected chi connectivity index (χ0v) is 14.8. The van der Waals surface area contributed by atoms with Crippen LogP contribution in [0, 0.1) is 5.41 Å². The van der Waals surface area contributed by atoms with Crippen molar-refractivity contribution in [2.75, 3.05) is 57.3 Å². The Kier molecular flexibility index (Phi) is 5.24. The average Bonchev–Trinajstić information content (AvgIpc) is 2.97. The highest BCUT2D eigenvalue weighted by atomic mass is 15.3. The lowest BCUT2D eigenvalue weighted by molar-refractivity contribution is 0.267. The Morgan fingerprint density at radius 3 is 2.43 bits per heavy atom. The maximum absolute atomic E-state index is 5.96. The highest BCUT2D eigenvalue weighted by Gasteiger charge is 2.32. The van der Waals surface area contributed by atoms with E-state index in [1.54, 1.807) is 0 Å². The van der Waals surface area contributed by atoms with Crippen molar-refractivity contribution in [2.45, 2.75) is 26.8 Å². The highest BCUT2D eigenvalue weighted by Crippen LogP contribution is 2.31. The van der Waals surface area contributed by atoms with Gasteiger partial charge in [0, 0.05) is 45.0 Å². The molecule has 2 fully saturated rings. The van der Waals surface area contributed by atoms with E-state index in [2.05, 4.69) is 52.8 Å². The number of rotatable bonds is 5. The van der Waals surface area contributed by atoms with E-state index in [0.717, 1.165) is 32.7 Å². The van der Waals surface area contributed by atoms with E-state index in [1.165, 1.54) is 43.9 Å². The molecule has 0 amide bonds. The number of hydrogen-bond acceptors (Lipinski definition) is 4. The normalized spacial score (nSPS) is 26.8. The molecule has 4 nitrogen and oxygen atoms in total. The number of likely N-dealkylation sites (N-methyl/N-ethyl adjacent to an activating group) is 1. The standard InChI is InChI=1S/C19H32N4/c1-3-21-10-12-23(13-11-21)18-7-5-4-6-17(18)14-22-9-8-19(2,15-20)16-22/h4-7H,3,8-16,20H2,1-2H3. The van der Waals surface area contributed by atoms with Crippen LogP contribution in [0.4, 0.5) is 5.69 Å². The molecule has 1 aromatic carbocycles. The number of piperazine rings is 1. The maximum atomic E-state index is 5.96. The lowest BCUT2D eigenvalue weighted by Crippen LogP contribution is -2.46. The molecule has 0 aliphatic carbocycles. The number of benzene rings is 1. The molecule has 2 saturated heterocycles. The Morgan fingerprint density at radius 2 is 1.78 bits per heavy atom. The molecule has 4 heteroatoms. The summed E-state index contributed by atoms with van der Waals surface area (Å²) in [6.07, 6.45) is 1.22. The summed E-state index contributed by atoms with van der Waals surface area (Å²) in [6.45, 7) is 14.5. The molecule has 3 rings (SSSR count). The first kappa shape index (κ1) is 16.7. The van der Waals surface area contributed by atoms with E-state index in [9.17, 15) is 0 Å². The molecule has 0 saturated carbocycles. The van der Waals surface area contributed by atoms with Crippen LogP contribution in [-0.4, -0.2) is 62.2 Å². The first-order chi connectivity index (χ1) is 11.1. The second kappa shape index (κ2) is 7.20. The van der Waals surface area contributed by atoms with Crippen molar-refractivity contribution in [3.05, 3.63) is 29.8 Å². The van der Waals surface area contributed by atoms with Gasteiger partial charge in [-0.05, 0) is 43.1 Å². The Hall–Kier alpha value is -1.10. The van der Waals surface area contributed by atoms with Crippen molar-refractivity contribution in [2.24, 2.45) is 11.1 Å². The second-order valence-corrected chi connectivity index (χ2v) is 7.53. The molecule has 0 aromatic heterocycles. The first-order valence-corrected chi connectivity index (χ1v) is 9.11. The van der Waals surface area contributed by atoms with Crippen LogP contribution in [0.25, 0.3) is 0 Å². The van der Waals surface area contributed by atoms with Crippen molar-refractivity contribution in [3.63, 3.8) is 0 Å². The average molecular weight is 316 g/mol. The summed E-state index contributed by atoms with van der Waals surface area (Å²) in [5.74, 6) is 0. The number of likely N-dealkylation sites (tertiary alicyclic amines) is 1. The van der Waals surface area contributed by atoms with Crippen molar-refractivity contribution in [3.8, 4) is 0 Å². The van der Waals surface area contributed by atoms with Crippen LogP contribution in [-0.2, 0) is 6.54 Å². The summed E-state index contributed by atoms with van der Waals surface area (Å²) < 4.78 is 0.